The highest BCUT2D eigenvalue weighted by Crippen LogP contribution is 2.22. The summed E-state index contributed by atoms with van der Waals surface area (Å²) >= 11 is 0. The molecule has 1 amide bonds. The van der Waals surface area contributed by atoms with Gasteiger partial charge in [-0.05, 0) is 19.9 Å². The van der Waals surface area contributed by atoms with E-state index in [1.807, 2.05) is 13.8 Å². The Labute approximate surface area is 107 Å². The van der Waals surface area contributed by atoms with Crippen molar-refractivity contribution in [2.75, 3.05) is 26.8 Å². The average molecular weight is 253 g/mol. The number of methoxy groups -OCH3 is 1. The van der Waals surface area contributed by atoms with Gasteiger partial charge in [-0.15, -0.1) is 0 Å². The maximum absolute atomic E-state index is 12.3. The van der Waals surface area contributed by atoms with Crippen molar-refractivity contribution in [3.05, 3.63) is 24.2 Å². The molecule has 0 spiro atoms. The fourth-order valence-corrected chi connectivity index (χ4v) is 2.29. The molecule has 5 nitrogen and oxygen atoms in total. The molecule has 1 fully saturated rings. The molecule has 2 heterocycles. The predicted molar refractivity (Wildman–Crippen MR) is 65.4 cm³/mol. The minimum Gasteiger partial charge on any atom is -0.472 e. The maximum Gasteiger partial charge on any atom is 0.257 e. The molecular formula is C13H19NO4. The smallest absolute Gasteiger partial charge is 0.257 e. The van der Waals surface area contributed by atoms with Gasteiger partial charge in [0.15, 0.2) is 0 Å². The van der Waals surface area contributed by atoms with E-state index in [2.05, 4.69) is 0 Å². The number of furan rings is 1. The first-order valence-corrected chi connectivity index (χ1v) is 6.00. The first-order chi connectivity index (χ1) is 8.52. The molecule has 0 aromatic carbocycles. The van der Waals surface area contributed by atoms with Crippen LogP contribution in [0.4, 0.5) is 0 Å². The Bertz CT molecular complexity index is 399. The van der Waals surface area contributed by atoms with Crippen LogP contribution in [0.15, 0.2) is 23.0 Å². The molecule has 0 radical (unpaired) electrons. The molecule has 0 N–H and O–H groups in total. The number of hydrogen-bond acceptors (Lipinski definition) is 4. The topological polar surface area (TPSA) is 51.9 Å². The van der Waals surface area contributed by atoms with Crippen LogP contribution in [0.1, 0.15) is 24.2 Å². The molecule has 1 aromatic rings. The number of ether oxygens (including phenoxy) is 2. The third-order valence-corrected chi connectivity index (χ3v) is 2.89. The summed E-state index contributed by atoms with van der Waals surface area (Å²) in [5.74, 6) is -0.0266. The number of rotatable bonds is 3. The van der Waals surface area contributed by atoms with Crippen LogP contribution in [0.25, 0.3) is 0 Å². The van der Waals surface area contributed by atoms with E-state index >= 15 is 0 Å². The molecule has 0 bridgehead atoms. The zero-order valence-corrected chi connectivity index (χ0v) is 11.0. The van der Waals surface area contributed by atoms with Crippen LogP contribution >= 0.6 is 0 Å². The fourth-order valence-electron chi connectivity index (χ4n) is 2.29. The lowest BCUT2D eigenvalue weighted by Gasteiger charge is -2.42. The van der Waals surface area contributed by atoms with Crippen molar-refractivity contribution in [1.82, 2.24) is 4.90 Å². The average Bonchev–Trinajstić information content (AvgIpc) is 2.79. The zero-order valence-electron chi connectivity index (χ0n) is 11.0. The van der Waals surface area contributed by atoms with Gasteiger partial charge >= 0.3 is 0 Å². The van der Waals surface area contributed by atoms with Crippen molar-refractivity contribution >= 4 is 5.91 Å². The lowest BCUT2D eigenvalue weighted by molar-refractivity contribution is -0.143. The molecule has 18 heavy (non-hydrogen) atoms. The van der Waals surface area contributed by atoms with Crippen LogP contribution in [-0.4, -0.2) is 49.3 Å². The van der Waals surface area contributed by atoms with E-state index in [-0.39, 0.29) is 17.6 Å². The summed E-state index contributed by atoms with van der Waals surface area (Å²) in [6.45, 7) is 5.55. The number of amides is 1. The molecule has 0 saturated carbocycles. The van der Waals surface area contributed by atoms with Crippen molar-refractivity contribution in [2.24, 2.45) is 0 Å². The summed E-state index contributed by atoms with van der Waals surface area (Å²) in [6, 6.07) is 1.68. The first kappa shape index (κ1) is 13.1. The first-order valence-electron chi connectivity index (χ1n) is 6.00. The van der Waals surface area contributed by atoms with Gasteiger partial charge in [-0.3, -0.25) is 4.79 Å². The molecule has 1 unspecified atom stereocenters. The van der Waals surface area contributed by atoms with Crippen molar-refractivity contribution in [3.8, 4) is 0 Å². The Hall–Kier alpha value is -1.33. The van der Waals surface area contributed by atoms with E-state index in [9.17, 15) is 4.79 Å². The third-order valence-electron chi connectivity index (χ3n) is 2.89. The van der Waals surface area contributed by atoms with Crippen LogP contribution in [0.5, 0.6) is 0 Å². The Morgan fingerprint density at radius 2 is 2.39 bits per heavy atom. The molecular weight excluding hydrogens is 234 g/mol. The van der Waals surface area contributed by atoms with E-state index in [4.69, 9.17) is 13.9 Å². The highest BCUT2D eigenvalue weighted by molar-refractivity contribution is 5.93. The van der Waals surface area contributed by atoms with Gasteiger partial charge in [0.05, 0.1) is 30.1 Å². The van der Waals surface area contributed by atoms with Gasteiger partial charge in [-0.1, -0.05) is 0 Å². The van der Waals surface area contributed by atoms with Crippen LogP contribution in [0.2, 0.25) is 0 Å². The van der Waals surface area contributed by atoms with Gasteiger partial charge in [-0.25, -0.2) is 0 Å². The number of carbonyl (C=O) groups excluding carboxylic acids is 1. The Balaban J connectivity index is 2.10. The van der Waals surface area contributed by atoms with E-state index in [1.54, 1.807) is 18.1 Å². The second-order valence-corrected chi connectivity index (χ2v) is 5.15. The second-order valence-electron chi connectivity index (χ2n) is 5.15. The third kappa shape index (κ3) is 2.91. The fraction of sp³-hybridized carbons (Fsp3) is 0.615. The summed E-state index contributed by atoms with van der Waals surface area (Å²) in [5, 5.41) is 0. The minimum absolute atomic E-state index is 0.0266. The Morgan fingerprint density at radius 1 is 1.61 bits per heavy atom. The normalized spacial score (nSPS) is 23.1. The number of nitrogens with zero attached hydrogens (tertiary/aromatic N) is 1. The highest BCUT2D eigenvalue weighted by Gasteiger charge is 2.36. The van der Waals surface area contributed by atoms with Gasteiger partial charge in [0, 0.05) is 20.2 Å². The van der Waals surface area contributed by atoms with Crippen LogP contribution in [0.3, 0.4) is 0 Å². The summed E-state index contributed by atoms with van der Waals surface area (Å²) in [4.78, 5) is 14.1. The standard InChI is InChI=1S/C13H19NO4/c1-13(2)9-14(6-11(18-13)8-16-3)12(15)10-4-5-17-7-10/h4-5,7,11H,6,8-9H2,1-3H3. The summed E-state index contributed by atoms with van der Waals surface area (Å²) in [6.07, 6.45) is 2.89. The van der Waals surface area contributed by atoms with E-state index < -0.39 is 0 Å². The Morgan fingerprint density at radius 3 is 3.00 bits per heavy atom. The number of hydrogen-bond donors (Lipinski definition) is 0. The van der Waals surface area contributed by atoms with Gasteiger partial charge in [0.25, 0.3) is 5.91 Å². The van der Waals surface area contributed by atoms with Crippen molar-refractivity contribution in [1.29, 1.82) is 0 Å². The molecule has 1 aliphatic rings. The van der Waals surface area contributed by atoms with Crippen molar-refractivity contribution in [3.63, 3.8) is 0 Å². The van der Waals surface area contributed by atoms with E-state index in [0.29, 0.717) is 25.3 Å². The summed E-state index contributed by atoms with van der Waals surface area (Å²) in [5.41, 5.74) is 0.213. The molecule has 5 heteroatoms. The zero-order chi connectivity index (χ0) is 13.2. The molecule has 0 aliphatic carbocycles. The molecule has 1 saturated heterocycles. The largest absolute Gasteiger partial charge is 0.472 e. The van der Waals surface area contributed by atoms with E-state index in [1.165, 1.54) is 12.5 Å². The second kappa shape index (κ2) is 5.12. The maximum atomic E-state index is 12.3. The van der Waals surface area contributed by atoms with Crippen molar-refractivity contribution < 1.29 is 18.7 Å². The number of morpholine rings is 1. The van der Waals surface area contributed by atoms with Crippen LogP contribution in [0, 0.1) is 0 Å². The van der Waals surface area contributed by atoms with Gasteiger partial charge in [-0.2, -0.15) is 0 Å². The number of carbonyl (C=O) groups is 1. The van der Waals surface area contributed by atoms with E-state index in [0.717, 1.165) is 0 Å². The molecule has 2 rings (SSSR count). The highest BCUT2D eigenvalue weighted by atomic mass is 16.5. The Kier molecular flexibility index (Phi) is 3.73. The van der Waals surface area contributed by atoms with Gasteiger partial charge in [0.1, 0.15) is 6.26 Å². The SMILES string of the molecule is COCC1CN(C(=O)c2ccoc2)CC(C)(C)O1. The predicted octanol–water partition coefficient (Wildman–Crippen LogP) is 1.55. The molecule has 1 aliphatic heterocycles. The van der Waals surface area contributed by atoms with Crippen molar-refractivity contribution in [2.45, 2.75) is 25.6 Å². The van der Waals surface area contributed by atoms with Gasteiger partial charge < -0.3 is 18.8 Å². The monoisotopic (exact) mass is 253 g/mol. The van der Waals surface area contributed by atoms with Crippen LogP contribution in [-0.2, 0) is 9.47 Å². The summed E-state index contributed by atoms with van der Waals surface area (Å²) < 4.78 is 15.9. The van der Waals surface area contributed by atoms with Gasteiger partial charge in [0.2, 0.25) is 0 Å². The van der Waals surface area contributed by atoms with Crippen LogP contribution < -0.4 is 0 Å². The minimum atomic E-state index is -0.360. The molecule has 100 valence electrons. The quantitative estimate of drug-likeness (QED) is 0.820. The molecule has 1 atom stereocenters. The summed E-state index contributed by atoms with van der Waals surface area (Å²) in [7, 11) is 1.63. The molecule has 1 aromatic heterocycles. The lowest BCUT2D eigenvalue weighted by Crippen LogP contribution is -2.55. The lowest BCUT2D eigenvalue weighted by atomic mass is 10.0.